The average Bonchev–Trinajstić information content (AvgIpc) is 3.05. The molecule has 0 amide bonds. The molecule has 0 spiro atoms. The first-order valence-electron chi connectivity index (χ1n) is 6.78. The van der Waals surface area contributed by atoms with Gasteiger partial charge in [0.15, 0.2) is 5.82 Å². The normalized spacial score (nSPS) is 15.0. The third-order valence-electron chi connectivity index (χ3n) is 3.39. The molecule has 0 saturated carbocycles. The van der Waals surface area contributed by atoms with Crippen molar-refractivity contribution in [3.05, 3.63) is 18.2 Å². The van der Waals surface area contributed by atoms with Gasteiger partial charge in [0.05, 0.1) is 27.4 Å². The van der Waals surface area contributed by atoms with Gasteiger partial charge in [-0.25, -0.2) is 0 Å². The molecule has 1 aromatic carbocycles. The van der Waals surface area contributed by atoms with Crippen molar-refractivity contribution in [1.29, 1.82) is 0 Å². The topological polar surface area (TPSA) is 72.5 Å². The van der Waals surface area contributed by atoms with Crippen molar-refractivity contribution in [1.82, 2.24) is 15.2 Å². The Morgan fingerprint density at radius 2 is 1.76 bits per heavy atom. The van der Waals surface area contributed by atoms with Gasteiger partial charge in [0.2, 0.25) is 5.95 Å². The van der Waals surface area contributed by atoms with Crippen LogP contribution in [0.3, 0.4) is 0 Å². The van der Waals surface area contributed by atoms with Gasteiger partial charge in [0.1, 0.15) is 11.5 Å². The van der Waals surface area contributed by atoms with Crippen molar-refractivity contribution >= 4 is 5.95 Å². The summed E-state index contributed by atoms with van der Waals surface area (Å²) in [5.74, 6) is 2.81. The number of hydrogen-bond donors (Lipinski definition) is 1. The molecule has 1 aliphatic rings. The number of H-pyrrole nitrogens is 1. The zero-order chi connectivity index (χ0) is 14.7. The van der Waals surface area contributed by atoms with Crippen LogP contribution >= 0.6 is 0 Å². The number of benzene rings is 1. The minimum Gasteiger partial charge on any atom is -0.497 e. The summed E-state index contributed by atoms with van der Waals surface area (Å²) in [6.45, 7) is 3.02. The van der Waals surface area contributed by atoms with Gasteiger partial charge in [-0.2, -0.15) is 4.98 Å². The van der Waals surface area contributed by atoms with Crippen molar-refractivity contribution in [2.24, 2.45) is 0 Å². The van der Waals surface area contributed by atoms with Crippen LogP contribution in [-0.2, 0) is 4.74 Å². The number of methoxy groups -OCH3 is 2. The number of morpholine rings is 1. The lowest BCUT2D eigenvalue weighted by atomic mass is 10.2. The maximum Gasteiger partial charge on any atom is 0.245 e. The lowest BCUT2D eigenvalue weighted by Crippen LogP contribution is -2.36. The zero-order valence-corrected chi connectivity index (χ0v) is 12.1. The number of ether oxygens (including phenoxy) is 3. The Balaban J connectivity index is 1.88. The van der Waals surface area contributed by atoms with Crippen molar-refractivity contribution in [2.75, 3.05) is 45.4 Å². The fourth-order valence-corrected chi connectivity index (χ4v) is 2.23. The second kappa shape index (κ2) is 6.01. The molecule has 1 saturated heterocycles. The van der Waals surface area contributed by atoms with Crippen LogP contribution in [0, 0.1) is 0 Å². The van der Waals surface area contributed by atoms with E-state index >= 15 is 0 Å². The molecule has 2 heterocycles. The lowest BCUT2D eigenvalue weighted by Gasteiger charge is -2.25. The molecule has 1 N–H and O–H groups in total. The highest BCUT2D eigenvalue weighted by molar-refractivity contribution is 5.61. The Bertz CT molecular complexity index is 586. The van der Waals surface area contributed by atoms with Crippen molar-refractivity contribution < 1.29 is 14.2 Å². The van der Waals surface area contributed by atoms with E-state index in [-0.39, 0.29) is 0 Å². The number of nitrogens with one attached hydrogen (secondary N) is 1. The van der Waals surface area contributed by atoms with Gasteiger partial charge in [-0.1, -0.05) is 0 Å². The molecule has 0 atom stereocenters. The maximum absolute atomic E-state index is 5.33. The van der Waals surface area contributed by atoms with Gasteiger partial charge in [0.25, 0.3) is 0 Å². The largest absolute Gasteiger partial charge is 0.497 e. The van der Waals surface area contributed by atoms with Crippen LogP contribution in [0.15, 0.2) is 18.2 Å². The van der Waals surface area contributed by atoms with Gasteiger partial charge in [0, 0.05) is 24.7 Å². The average molecular weight is 290 g/mol. The quantitative estimate of drug-likeness (QED) is 0.915. The fraction of sp³-hybridized carbons (Fsp3) is 0.429. The molecular formula is C14H18N4O3. The van der Waals surface area contributed by atoms with E-state index < -0.39 is 0 Å². The maximum atomic E-state index is 5.33. The van der Waals surface area contributed by atoms with Crippen LogP contribution in [-0.4, -0.2) is 55.7 Å². The molecule has 1 fully saturated rings. The van der Waals surface area contributed by atoms with Gasteiger partial charge < -0.3 is 19.1 Å². The van der Waals surface area contributed by atoms with Crippen LogP contribution in [0.2, 0.25) is 0 Å². The van der Waals surface area contributed by atoms with E-state index in [9.17, 15) is 0 Å². The Morgan fingerprint density at radius 3 is 2.38 bits per heavy atom. The summed E-state index contributed by atoms with van der Waals surface area (Å²) < 4.78 is 15.9. The Hall–Kier alpha value is -2.28. The monoisotopic (exact) mass is 290 g/mol. The molecule has 0 radical (unpaired) electrons. The summed E-state index contributed by atoms with van der Waals surface area (Å²) in [6.07, 6.45) is 0. The number of aromatic nitrogens is 3. The van der Waals surface area contributed by atoms with E-state index in [0.29, 0.717) is 36.5 Å². The molecule has 1 aromatic heterocycles. The summed E-state index contributed by atoms with van der Waals surface area (Å²) >= 11 is 0. The van der Waals surface area contributed by atoms with E-state index in [1.54, 1.807) is 14.2 Å². The molecule has 3 rings (SSSR count). The molecule has 1 aliphatic heterocycles. The third kappa shape index (κ3) is 2.92. The predicted molar refractivity (Wildman–Crippen MR) is 78.0 cm³/mol. The molecule has 0 unspecified atom stereocenters. The van der Waals surface area contributed by atoms with Gasteiger partial charge in [-0.3, -0.25) is 5.10 Å². The SMILES string of the molecule is COc1cc(OC)cc(-c2nc(N3CCOCC3)n[nH]2)c1. The smallest absolute Gasteiger partial charge is 0.245 e. The van der Waals surface area contributed by atoms with Crippen LogP contribution in [0.5, 0.6) is 11.5 Å². The van der Waals surface area contributed by atoms with Crippen LogP contribution in [0.4, 0.5) is 5.95 Å². The second-order valence-electron chi connectivity index (χ2n) is 4.68. The van der Waals surface area contributed by atoms with E-state index in [0.717, 1.165) is 18.7 Å². The number of aromatic amines is 1. The van der Waals surface area contributed by atoms with E-state index in [4.69, 9.17) is 14.2 Å². The van der Waals surface area contributed by atoms with Gasteiger partial charge in [-0.05, 0) is 12.1 Å². The minimum atomic E-state index is 0.689. The molecule has 7 heteroatoms. The zero-order valence-electron chi connectivity index (χ0n) is 12.1. The molecule has 2 aromatic rings. The van der Waals surface area contributed by atoms with Crippen LogP contribution < -0.4 is 14.4 Å². The molecule has 0 bridgehead atoms. The molecule has 112 valence electrons. The summed E-state index contributed by atoms with van der Waals surface area (Å²) in [5.41, 5.74) is 0.873. The Kier molecular flexibility index (Phi) is 3.92. The van der Waals surface area contributed by atoms with Crippen LogP contribution in [0.1, 0.15) is 0 Å². The predicted octanol–water partition coefficient (Wildman–Crippen LogP) is 1.33. The first kappa shape index (κ1) is 13.7. The standard InChI is InChI=1S/C14H18N4O3/c1-19-11-7-10(8-12(9-11)20-2)13-15-14(17-16-13)18-3-5-21-6-4-18/h7-9H,3-6H2,1-2H3,(H,15,16,17). The molecular weight excluding hydrogens is 272 g/mol. The Morgan fingerprint density at radius 1 is 1.10 bits per heavy atom. The van der Waals surface area contributed by atoms with E-state index in [2.05, 4.69) is 20.1 Å². The third-order valence-corrected chi connectivity index (χ3v) is 3.39. The highest BCUT2D eigenvalue weighted by Gasteiger charge is 2.16. The summed E-state index contributed by atoms with van der Waals surface area (Å²) in [4.78, 5) is 6.65. The van der Waals surface area contributed by atoms with Crippen LogP contribution in [0.25, 0.3) is 11.4 Å². The molecule has 7 nitrogen and oxygen atoms in total. The minimum absolute atomic E-state index is 0.689. The second-order valence-corrected chi connectivity index (χ2v) is 4.68. The highest BCUT2D eigenvalue weighted by Crippen LogP contribution is 2.28. The highest BCUT2D eigenvalue weighted by atomic mass is 16.5. The van der Waals surface area contributed by atoms with E-state index in [1.807, 2.05) is 18.2 Å². The number of hydrogen-bond acceptors (Lipinski definition) is 6. The molecule has 0 aliphatic carbocycles. The summed E-state index contributed by atoms with van der Waals surface area (Å²) in [6, 6.07) is 5.61. The van der Waals surface area contributed by atoms with E-state index in [1.165, 1.54) is 0 Å². The summed E-state index contributed by atoms with van der Waals surface area (Å²) in [7, 11) is 3.25. The number of anilines is 1. The first-order chi connectivity index (χ1) is 10.3. The fourth-order valence-electron chi connectivity index (χ4n) is 2.23. The van der Waals surface area contributed by atoms with Crippen molar-refractivity contribution in [2.45, 2.75) is 0 Å². The summed E-state index contributed by atoms with van der Waals surface area (Å²) in [5, 5.41) is 7.25. The van der Waals surface area contributed by atoms with Gasteiger partial charge in [-0.15, -0.1) is 5.10 Å². The van der Waals surface area contributed by atoms with Gasteiger partial charge >= 0.3 is 0 Å². The first-order valence-corrected chi connectivity index (χ1v) is 6.78. The molecule has 21 heavy (non-hydrogen) atoms. The Labute approximate surface area is 122 Å². The number of rotatable bonds is 4. The number of nitrogens with zero attached hydrogens (tertiary/aromatic N) is 3. The lowest BCUT2D eigenvalue weighted by molar-refractivity contribution is 0.122. The van der Waals surface area contributed by atoms with Crippen molar-refractivity contribution in [3.63, 3.8) is 0 Å². The van der Waals surface area contributed by atoms with Crippen molar-refractivity contribution in [3.8, 4) is 22.9 Å².